The van der Waals surface area contributed by atoms with E-state index in [0.717, 1.165) is 18.6 Å². The molecular weight excluding hydrogens is 449 g/mol. The average Bonchev–Trinajstić information content (AvgIpc) is 2.62. The molecule has 1 aliphatic carbocycles. The molecule has 0 spiro atoms. The fraction of sp³-hybridized carbons (Fsp3) is 0.190. The first-order valence-electron chi connectivity index (χ1n) is 7.79. The second-order valence-corrected chi connectivity index (χ2v) is 6.71. The summed E-state index contributed by atoms with van der Waals surface area (Å²) in [5.74, 6) is 0.828. The summed E-state index contributed by atoms with van der Waals surface area (Å²) in [5, 5.41) is 0. The number of allylic oxidation sites excluding steroid dienone is 3. The van der Waals surface area contributed by atoms with Gasteiger partial charge in [0.1, 0.15) is 0 Å². The molecule has 0 nitrogen and oxygen atoms in total. The largest absolute Gasteiger partial charge is 0.334 e. The van der Waals surface area contributed by atoms with Crippen LogP contribution in [0.2, 0.25) is 0 Å². The van der Waals surface area contributed by atoms with E-state index in [1.54, 1.807) is 0 Å². The number of thioether (sulfide) groups is 1. The predicted octanol–water partition coefficient (Wildman–Crippen LogP) is 5.77. The standard InChI is InChI=1S/C21H21S.Ho/c1-2-22-21(18-12-6-3-7-13-18,19-14-8-4-9-15-19)20-16-10-5-11-17-20;/h3-4,6-10,12-17H,1-2,5,11H2;/q-1;. The Morgan fingerprint density at radius 2 is 1.43 bits per heavy atom. The third kappa shape index (κ3) is 3.96. The van der Waals surface area contributed by atoms with Gasteiger partial charge in [0.05, 0.1) is 4.75 Å². The van der Waals surface area contributed by atoms with E-state index in [2.05, 4.69) is 85.8 Å². The molecule has 23 heavy (non-hydrogen) atoms. The Balaban J connectivity index is 0.00000192. The fourth-order valence-electron chi connectivity index (χ4n) is 3.12. The van der Waals surface area contributed by atoms with E-state index in [-0.39, 0.29) is 42.5 Å². The van der Waals surface area contributed by atoms with Gasteiger partial charge >= 0.3 is 0 Å². The van der Waals surface area contributed by atoms with Crippen LogP contribution in [0.5, 0.6) is 0 Å². The van der Waals surface area contributed by atoms with E-state index in [0.29, 0.717) is 0 Å². The maximum absolute atomic E-state index is 4.13. The van der Waals surface area contributed by atoms with E-state index >= 15 is 0 Å². The number of hydrogen-bond acceptors (Lipinski definition) is 1. The van der Waals surface area contributed by atoms with Gasteiger partial charge in [-0.05, 0) is 29.5 Å². The third-order valence-electron chi connectivity index (χ3n) is 4.08. The minimum absolute atomic E-state index is 0. The number of rotatable bonds is 5. The van der Waals surface area contributed by atoms with Crippen LogP contribution in [0, 0.1) is 44.7 Å². The summed E-state index contributed by atoms with van der Waals surface area (Å²) in [6, 6.07) is 21.6. The van der Waals surface area contributed by atoms with Crippen molar-refractivity contribution in [2.24, 2.45) is 0 Å². The monoisotopic (exact) mass is 470 g/mol. The predicted molar refractivity (Wildman–Crippen MR) is 97.9 cm³/mol. The molecule has 123 valence electrons. The zero-order chi connectivity index (χ0) is 15.3. The van der Waals surface area contributed by atoms with Crippen molar-refractivity contribution in [3.05, 3.63) is 103 Å². The van der Waals surface area contributed by atoms with E-state index in [9.17, 15) is 0 Å². The molecule has 0 saturated heterocycles. The van der Waals surface area contributed by atoms with Gasteiger partial charge in [0.2, 0.25) is 0 Å². The molecule has 0 aliphatic heterocycles. The summed E-state index contributed by atoms with van der Waals surface area (Å²) < 4.78 is -0.165. The first-order valence-corrected chi connectivity index (χ1v) is 8.78. The Kier molecular flexibility index (Phi) is 7.49. The van der Waals surface area contributed by atoms with Crippen molar-refractivity contribution in [1.29, 1.82) is 0 Å². The summed E-state index contributed by atoms with van der Waals surface area (Å²) in [6.07, 6.45) is 9.23. The smallest absolute Gasteiger partial charge is 0.0879 e. The molecule has 1 radical (unpaired) electrons. The molecule has 0 amide bonds. The van der Waals surface area contributed by atoms with Crippen LogP contribution in [0.1, 0.15) is 24.0 Å². The molecule has 1 aliphatic rings. The Bertz CT molecular complexity index is 619. The topological polar surface area (TPSA) is 0 Å². The van der Waals surface area contributed by atoms with Crippen molar-refractivity contribution in [1.82, 2.24) is 0 Å². The fourth-order valence-corrected chi connectivity index (χ4v) is 4.35. The van der Waals surface area contributed by atoms with Gasteiger partial charge in [-0.1, -0.05) is 78.9 Å². The van der Waals surface area contributed by atoms with Crippen LogP contribution in [0.15, 0.2) is 84.5 Å². The van der Waals surface area contributed by atoms with Crippen LogP contribution < -0.4 is 0 Å². The summed E-state index contributed by atoms with van der Waals surface area (Å²) in [5.41, 5.74) is 4.03. The Morgan fingerprint density at radius 1 is 0.870 bits per heavy atom. The van der Waals surface area contributed by atoms with Crippen molar-refractivity contribution >= 4 is 11.8 Å². The van der Waals surface area contributed by atoms with Gasteiger partial charge in [0.25, 0.3) is 0 Å². The molecule has 0 unspecified atom stereocenters. The van der Waals surface area contributed by atoms with E-state index < -0.39 is 0 Å². The van der Waals surface area contributed by atoms with Crippen LogP contribution >= 0.6 is 11.8 Å². The Morgan fingerprint density at radius 3 is 1.87 bits per heavy atom. The van der Waals surface area contributed by atoms with Gasteiger partial charge in [-0.2, -0.15) is 11.8 Å². The zero-order valence-electron chi connectivity index (χ0n) is 13.0. The quantitative estimate of drug-likeness (QED) is 0.395. The summed E-state index contributed by atoms with van der Waals surface area (Å²) >= 11 is 1.91. The van der Waals surface area contributed by atoms with E-state index in [1.807, 2.05) is 11.8 Å². The molecule has 0 bridgehead atoms. The van der Waals surface area contributed by atoms with Gasteiger partial charge in [0, 0.05) is 37.7 Å². The first-order chi connectivity index (χ1) is 10.9. The van der Waals surface area contributed by atoms with Gasteiger partial charge in [0.15, 0.2) is 0 Å². The molecule has 0 N–H and O–H groups in total. The summed E-state index contributed by atoms with van der Waals surface area (Å²) in [6.45, 7) is 4.13. The van der Waals surface area contributed by atoms with E-state index in [4.69, 9.17) is 0 Å². The Labute approximate surface area is 174 Å². The molecule has 3 rings (SSSR count). The minimum atomic E-state index is -0.165. The van der Waals surface area contributed by atoms with Crippen LogP contribution in [0.25, 0.3) is 0 Å². The van der Waals surface area contributed by atoms with Crippen LogP contribution in [0.4, 0.5) is 0 Å². The molecule has 2 aromatic carbocycles. The zero-order valence-corrected chi connectivity index (χ0v) is 15.8. The molecule has 0 aromatic heterocycles. The van der Waals surface area contributed by atoms with Crippen molar-refractivity contribution in [2.75, 3.05) is 5.75 Å². The first kappa shape index (κ1) is 18.9. The van der Waals surface area contributed by atoms with Crippen LogP contribution in [-0.2, 0) is 4.75 Å². The molecular formula is C21H21HoS-. The van der Waals surface area contributed by atoms with Crippen molar-refractivity contribution in [2.45, 2.75) is 17.6 Å². The summed E-state index contributed by atoms with van der Waals surface area (Å²) in [4.78, 5) is 0. The molecule has 2 aromatic rings. The molecule has 2 heteroatoms. The van der Waals surface area contributed by atoms with E-state index in [1.165, 1.54) is 16.7 Å². The van der Waals surface area contributed by atoms with Crippen molar-refractivity contribution in [3.8, 4) is 0 Å². The van der Waals surface area contributed by atoms with Crippen molar-refractivity contribution in [3.63, 3.8) is 0 Å². The molecule has 0 fully saturated rings. The SMILES string of the molecule is [CH2-]CSC(C1=CCCC=C1)(c1ccccc1)c1ccccc1.[Ho]. The molecule has 0 atom stereocenters. The average molecular weight is 470 g/mol. The molecule has 0 heterocycles. The Hall–Kier alpha value is -0.470. The number of hydrogen-bond donors (Lipinski definition) is 0. The second-order valence-electron chi connectivity index (χ2n) is 5.40. The van der Waals surface area contributed by atoms with Crippen LogP contribution in [-0.4, -0.2) is 5.75 Å². The maximum Gasteiger partial charge on any atom is 0.0879 e. The molecule has 0 saturated carbocycles. The van der Waals surface area contributed by atoms with Gasteiger partial charge in [-0.3, -0.25) is 0 Å². The van der Waals surface area contributed by atoms with Gasteiger partial charge in [-0.25, -0.2) is 0 Å². The van der Waals surface area contributed by atoms with Crippen molar-refractivity contribution < 1.29 is 37.7 Å². The van der Waals surface area contributed by atoms with Gasteiger partial charge in [-0.15, -0.1) is 5.75 Å². The normalized spacial score (nSPS) is 14.0. The van der Waals surface area contributed by atoms with Gasteiger partial charge < -0.3 is 6.92 Å². The van der Waals surface area contributed by atoms with Crippen LogP contribution in [0.3, 0.4) is 0 Å². The minimum Gasteiger partial charge on any atom is -0.334 e. The maximum atomic E-state index is 4.13. The summed E-state index contributed by atoms with van der Waals surface area (Å²) in [7, 11) is 0. The third-order valence-corrected chi connectivity index (χ3v) is 5.42. The number of benzene rings is 2. The second kappa shape index (κ2) is 9.13.